The Morgan fingerprint density at radius 3 is 2.48 bits per heavy atom. The van der Waals surface area contributed by atoms with E-state index in [1.54, 1.807) is 36.7 Å². The molecule has 0 radical (unpaired) electrons. The first-order valence-electron chi connectivity index (χ1n) is 6.33. The highest BCUT2D eigenvalue weighted by Crippen LogP contribution is 2.23. The lowest BCUT2D eigenvalue weighted by Crippen LogP contribution is -2.04. The lowest BCUT2D eigenvalue weighted by molar-refractivity contribution is 0.0696. The predicted octanol–water partition coefficient (Wildman–Crippen LogP) is 2.87. The van der Waals surface area contributed by atoms with Gasteiger partial charge in [-0.05, 0) is 44.2 Å². The average molecular weight is 285 g/mol. The van der Waals surface area contributed by atoms with Crippen LogP contribution >= 0.6 is 0 Å². The number of hydrogen-bond donors (Lipinski definition) is 1. The third-order valence-corrected chi connectivity index (χ3v) is 3.33. The van der Waals surface area contributed by atoms with Crippen LogP contribution in [0.4, 0.5) is 4.39 Å². The molecule has 0 spiro atoms. The molecule has 0 fully saturated rings. The Morgan fingerprint density at radius 1 is 1.19 bits per heavy atom. The molecule has 106 valence electrons. The summed E-state index contributed by atoms with van der Waals surface area (Å²) in [4.78, 5) is 15.5. The Morgan fingerprint density at radius 2 is 1.86 bits per heavy atom. The van der Waals surface area contributed by atoms with E-state index in [9.17, 15) is 9.18 Å². The van der Waals surface area contributed by atoms with Gasteiger partial charge in [-0.1, -0.05) is 0 Å². The van der Waals surface area contributed by atoms with Crippen LogP contribution in [0.1, 0.15) is 21.7 Å². The second-order valence-corrected chi connectivity index (χ2v) is 4.77. The van der Waals surface area contributed by atoms with Crippen LogP contribution in [0.15, 0.2) is 30.3 Å². The van der Waals surface area contributed by atoms with Gasteiger partial charge in [-0.15, -0.1) is 0 Å². The molecule has 5 nitrogen and oxygen atoms in total. The summed E-state index contributed by atoms with van der Waals surface area (Å²) in [6.45, 7) is 3.42. The zero-order chi connectivity index (χ0) is 15.1. The molecular weight excluding hydrogens is 273 g/mol. The van der Waals surface area contributed by atoms with Crippen LogP contribution in [-0.4, -0.2) is 25.8 Å². The van der Waals surface area contributed by atoms with E-state index in [2.05, 4.69) is 10.1 Å². The van der Waals surface area contributed by atoms with E-state index in [0.717, 1.165) is 0 Å². The van der Waals surface area contributed by atoms with Gasteiger partial charge in [-0.25, -0.2) is 18.9 Å². The van der Waals surface area contributed by atoms with Gasteiger partial charge in [-0.3, -0.25) is 0 Å². The maximum Gasteiger partial charge on any atom is 0.337 e. The van der Waals surface area contributed by atoms with Crippen molar-refractivity contribution in [2.45, 2.75) is 13.8 Å². The summed E-state index contributed by atoms with van der Waals surface area (Å²) in [6.07, 6.45) is 0. The summed E-state index contributed by atoms with van der Waals surface area (Å²) in [7, 11) is 0. The smallest absolute Gasteiger partial charge is 0.337 e. The van der Waals surface area contributed by atoms with Crippen molar-refractivity contribution >= 4 is 17.0 Å². The van der Waals surface area contributed by atoms with Crippen molar-refractivity contribution in [1.82, 2.24) is 14.8 Å². The lowest BCUT2D eigenvalue weighted by Gasteiger charge is -2.04. The van der Waals surface area contributed by atoms with Crippen LogP contribution in [-0.2, 0) is 0 Å². The minimum atomic E-state index is -1.02. The van der Waals surface area contributed by atoms with Gasteiger partial charge in [0, 0.05) is 5.39 Å². The van der Waals surface area contributed by atoms with E-state index >= 15 is 0 Å². The second kappa shape index (κ2) is 4.66. The Bertz CT molecular complexity index is 853. The molecule has 0 aliphatic rings. The van der Waals surface area contributed by atoms with Crippen LogP contribution in [0.25, 0.3) is 16.7 Å². The van der Waals surface area contributed by atoms with E-state index < -0.39 is 5.97 Å². The number of aromatic carboxylic acids is 1. The topological polar surface area (TPSA) is 68.0 Å². The fraction of sp³-hybridized carbons (Fsp3) is 0.133. The van der Waals surface area contributed by atoms with Crippen molar-refractivity contribution in [2.24, 2.45) is 0 Å². The minimum Gasteiger partial charge on any atom is -0.478 e. The second-order valence-electron chi connectivity index (χ2n) is 4.77. The van der Waals surface area contributed by atoms with E-state index in [1.807, 2.05) is 0 Å². The van der Waals surface area contributed by atoms with Crippen molar-refractivity contribution in [2.75, 3.05) is 0 Å². The van der Waals surface area contributed by atoms with Gasteiger partial charge in [0.1, 0.15) is 5.82 Å². The molecule has 1 aromatic carbocycles. The molecule has 0 bridgehead atoms. The molecule has 2 aromatic heterocycles. The SMILES string of the molecule is Cc1nc2c(cc1C(=O)O)c(C)nn2-c1ccc(F)cc1. The first kappa shape index (κ1) is 13.2. The van der Waals surface area contributed by atoms with E-state index in [-0.39, 0.29) is 11.4 Å². The summed E-state index contributed by atoms with van der Waals surface area (Å²) in [5, 5.41) is 14.2. The van der Waals surface area contributed by atoms with Crippen molar-refractivity contribution in [1.29, 1.82) is 0 Å². The largest absolute Gasteiger partial charge is 0.478 e. The maximum atomic E-state index is 13.0. The zero-order valence-corrected chi connectivity index (χ0v) is 11.5. The monoisotopic (exact) mass is 285 g/mol. The minimum absolute atomic E-state index is 0.157. The zero-order valence-electron chi connectivity index (χ0n) is 11.5. The summed E-state index contributed by atoms with van der Waals surface area (Å²) >= 11 is 0. The van der Waals surface area contributed by atoms with Crippen LogP contribution < -0.4 is 0 Å². The molecule has 2 heterocycles. The number of halogens is 1. The fourth-order valence-electron chi connectivity index (χ4n) is 2.25. The van der Waals surface area contributed by atoms with Crippen LogP contribution in [0.3, 0.4) is 0 Å². The first-order chi connectivity index (χ1) is 9.97. The molecule has 0 saturated heterocycles. The van der Waals surface area contributed by atoms with Gasteiger partial charge in [0.25, 0.3) is 0 Å². The third kappa shape index (κ3) is 2.14. The molecule has 0 unspecified atom stereocenters. The van der Waals surface area contributed by atoms with Crippen LogP contribution in [0.5, 0.6) is 0 Å². The number of pyridine rings is 1. The molecule has 21 heavy (non-hydrogen) atoms. The van der Waals surface area contributed by atoms with Crippen LogP contribution in [0.2, 0.25) is 0 Å². The summed E-state index contributed by atoms with van der Waals surface area (Å²) in [5.74, 6) is -1.35. The van der Waals surface area contributed by atoms with E-state index in [0.29, 0.717) is 28.1 Å². The van der Waals surface area contributed by atoms with Crippen LogP contribution in [0, 0.1) is 19.7 Å². The predicted molar refractivity (Wildman–Crippen MR) is 75.3 cm³/mol. The number of carboxylic acid groups (broad SMARTS) is 1. The van der Waals surface area contributed by atoms with Crippen molar-refractivity contribution in [3.8, 4) is 5.69 Å². The summed E-state index contributed by atoms with van der Waals surface area (Å²) < 4.78 is 14.6. The molecule has 1 N–H and O–H groups in total. The number of carboxylic acids is 1. The summed E-state index contributed by atoms with van der Waals surface area (Å²) in [6, 6.07) is 7.46. The highest BCUT2D eigenvalue weighted by molar-refractivity contribution is 5.94. The highest BCUT2D eigenvalue weighted by Gasteiger charge is 2.16. The molecule has 0 saturated carbocycles. The lowest BCUT2D eigenvalue weighted by atomic mass is 10.1. The number of nitrogens with zero attached hydrogens (tertiary/aromatic N) is 3. The fourth-order valence-corrected chi connectivity index (χ4v) is 2.25. The Hall–Kier alpha value is -2.76. The quantitative estimate of drug-likeness (QED) is 0.786. The Labute approximate surface area is 119 Å². The third-order valence-electron chi connectivity index (χ3n) is 3.33. The first-order valence-corrected chi connectivity index (χ1v) is 6.33. The molecule has 3 aromatic rings. The number of rotatable bonds is 2. The van der Waals surface area contributed by atoms with E-state index in [1.165, 1.54) is 12.1 Å². The Balaban J connectivity index is 2.28. The van der Waals surface area contributed by atoms with Gasteiger partial charge in [0.05, 0.1) is 22.6 Å². The molecule has 0 aliphatic heterocycles. The average Bonchev–Trinajstić information content (AvgIpc) is 2.75. The van der Waals surface area contributed by atoms with Crippen molar-refractivity contribution in [3.63, 3.8) is 0 Å². The Kier molecular flexibility index (Phi) is 2.94. The van der Waals surface area contributed by atoms with Crippen molar-refractivity contribution < 1.29 is 14.3 Å². The number of aryl methyl sites for hydroxylation is 2. The van der Waals surface area contributed by atoms with Gasteiger partial charge in [-0.2, -0.15) is 5.10 Å². The van der Waals surface area contributed by atoms with Gasteiger partial charge in [0.2, 0.25) is 0 Å². The van der Waals surface area contributed by atoms with Crippen molar-refractivity contribution in [3.05, 3.63) is 53.1 Å². The number of benzene rings is 1. The van der Waals surface area contributed by atoms with Gasteiger partial charge in [0.15, 0.2) is 5.65 Å². The normalized spacial score (nSPS) is 11.0. The maximum absolute atomic E-state index is 13.0. The number of carbonyl (C=O) groups is 1. The van der Waals surface area contributed by atoms with Gasteiger partial charge < -0.3 is 5.11 Å². The molecule has 0 atom stereocenters. The van der Waals surface area contributed by atoms with E-state index in [4.69, 9.17) is 5.11 Å². The molecule has 0 aliphatic carbocycles. The number of fused-ring (bicyclic) bond motifs is 1. The number of aromatic nitrogens is 3. The van der Waals surface area contributed by atoms with Gasteiger partial charge >= 0.3 is 5.97 Å². The molecule has 0 amide bonds. The standard InChI is InChI=1S/C15H12FN3O2/c1-8-13(15(20)21)7-12-9(2)18-19(14(12)17-8)11-5-3-10(16)4-6-11/h3-7H,1-2H3,(H,20,21). The molecular formula is C15H12FN3O2. The highest BCUT2D eigenvalue weighted by atomic mass is 19.1. The summed E-state index contributed by atoms with van der Waals surface area (Å²) in [5.41, 5.74) is 2.47. The molecule has 6 heteroatoms. The number of hydrogen-bond acceptors (Lipinski definition) is 3. The molecule has 3 rings (SSSR count).